The second-order valence-electron chi connectivity index (χ2n) is 4.88. The van der Waals surface area contributed by atoms with Gasteiger partial charge in [0, 0.05) is 17.6 Å². The van der Waals surface area contributed by atoms with Crippen molar-refractivity contribution in [3.8, 4) is 0 Å². The van der Waals surface area contributed by atoms with Crippen molar-refractivity contribution < 1.29 is 13.2 Å². The molecule has 2 rings (SSSR count). The number of carbonyl (C=O) groups excluding carboxylic acids is 1. The molecule has 7 heteroatoms. The van der Waals surface area contributed by atoms with E-state index in [0.717, 1.165) is 5.56 Å². The van der Waals surface area contributed by atoms with Gasteiger partial charge >= 0.3 is 6.03 Å². The maximum absolute atomic E-state index is 11.6. The summed E-state index contributed by atoms with van der Waals surface area (Å²) in [5.74, 6) is 0.190. The number of sulfone groups is 1. The quantitative estimate of drug-likeness (QED) is 0.881. The molecule has 2 N–H and O–H groups in total. The molecule has 1 fully saturated rings. The average molecular weight is 317 g/mol. The van der Waals surface area contributed by atoms with Crippen molar-refractivity contribution in [1.29, 1.82) is 0 Å². The summed E-state index contributed by atoms with van der Waals surface area (Å²) in [4.78, 5) is 11.6. The summed E-state index contributed by atoms with van der Waals surface area (Å²) in [7, 11) is -2.97. The Morgan fingerprint density at radius 2 is 2.20 bits per heavy atom. The standard InChI is InChI=1S/C13H17ClN2O3S/c14-11-3-1-2-10(8-11)4-6-15-13(17)16-12-5-7-20(18,19)9-12/h1-3,8,12H,4-7,9H2,(H2,15,16,17). The summed E-state index contributed by atoms with van der Waals surface area (Å²) in [6.07, 6.45) is 1.17. The van der Waals surface area contributed by atoms with Gasteiger partial charge in [0.25, 0.3) is 0 Å². The van der Waals surface area contributed by atoms with Gasteiger partial charge in [0.1, 0.15) is 0 Å². The van der Waals surface area contributed by atoms with Crippen LogP contribution >= 0.6 is 11.6 Å². The topological polar surface area (TPSA) is 75.3 Å². The molecular formula is C13H17ClN2O3S. The molecule has 1 unspecified atom stereocenters. The van der Waals surface area contributed by atoms with Crippen LogP contribution in [0.1, 0.15) is 12.0 Å². The highest BCUT2D eigenvalue weighted by molar-refractivity contribution is 7.91. The maximum atomic E-state index is 11.6. The van der Waals surface area contributed by atoms with E-state index in [-0.39, 0.29) is 23.6 Å². The molecular weight excluding hydrogens is 300 g/mol. The lowest BCUT2D eigenvalue weighted by Gasteiger charge is -2.12. The predicted molar refractivity (Wildman–Crippen MR) is 78.7 cm³/mol. The normalized spacial score (nSPS) is 20.6. The summed E-state index contributed by atoms with van der Waals surface area (Å²) in [5, 5.41) is 6.06. The summed E-state index contributed by atoms with van der Waals surface area (Å²) in [6.45, 7) is 0.478. The second kappa shape index (κ2) is 6.45. The number of halogens is 1. The van der Waals surface area contributed by atoms with Crippen LogP contribution in [-0.4, -0.2) is 38.5 Å². The first-order chi connectivity index (χ1) is 9.44. The molecule has 0 aromatic heterocycles. The van der Waals surface area contributed by atoms with E-state index in [9.17, 15) is 13.2 Å². The van der Waals surface area contributed by atoms with Crippen LogP contribution in [0.15, 0.2) is 24.3 Å². The zero-order valence-corrected chi connectivity index (χ0v) is 12.5. The van der Waals surface area contributed by atoms with Crippen LogP contribution in [0.5, 0.6) is 0 Å². The van der Waals surface area contributed by atoms with Crippen molar-refractivity contribution in [2.24, 2.45) is 0 Å². The van der Waals surface area contributed by atoms with Gasteiger partial charge in [0.15, 0.2) is 9.84 Å². The molecule has 0 aliphatic carbocycles. The molecule has 1 aliphatic rings. The van der Waals surface area contributed by atoms with E-state index < -0.39 is 9.84 Å². The second-order valence-corrected chi connectivity index (χ2v) is 7.55. The van der Waals surface area contributed by atoms with Crippen LogP contribution in [0.4, 0.5) is 4.79 Å². The molecule has 0 bridgehead atoms. The number of amides is 2. The summed E-state index contributed by atoms with van der Waals surface area (Å²) < 4.78 is 22.5. The number of hydrogen-bond acceptors (Lipinski definition) is 3. The van der Waals surface area contributed by atoms with Gasteiger partial charge in [-0.05, 0) is 30.5 Å². The van der Waals surface area contributed by atoms with Crippen LogP contribution in [0, 0.1) is 0 Å². The Bertz CT molecular complexity index is 589. The minimum atomic E-state index is -2.97. The van der Waals surface area contributed by atoms with Gasteiger partial charge in [-0.15, -0.1) is 0 Å². The molecule has 110 valence electrons. The van der Waals surface area contributed by atoms with Crippen molar-refractivity contribution in [1.82, 2.24) is 10.6 Å². The van der Waals surface area contributed by atoms with Gasteiger partial charge in [-0.1, -0.05) is 23.7 Å². The van der Waals surface area contributed by atoms with Gasteiger partial charge in [0.2, 0.25) is 0 Å². The van der Waals surface area contributed by atoms with Crippen LogP contribution in [0.3, 0.4) is 0 Å². The van der Waals surface area contributed by atoms with Gasteiger partial charge in [-0.2, -0.15) is 0 Å². The van der Waals surface area contributed by atoms with Crippen molar-refractivity contribution in [3.05, 3.63) is 34.9 Å². The van der Waals surface area contributed by atoms with E-state index in [1.165, 1.54) is 0 Å². The maximum Gasteiger partial charge on any atom is 0.315 e. The molecule has 0 saturated carbocycles. The Morgan fingerprint density at radius 3 is 2.85 bits per heavy atom. The fourth-order valence-corrected chi connectivity index (χ4v) is 4.04. The first-order valence-corrected chi connectivity index (χ1v) is 8.64. The Morgan fingerprint density at radius 1 is 1.40 bits per heavy atom. The monoisotopic (exact) mass is 316 g/mol. The van der Waals surface area contributed by atoms with Crippen molar-refractivity contribution in [2.75, 3.05) is 18.1 Å². The van der Waals surface area contributed by atoms with E-state index in [1.807, 2.05) is 18.2 Å². The van der Waals surface area contributed by atoms with Crippen LogP contribution in [0.2, 0.25) is 5.02 Å². The van der Waals surface area contributed by atoms with E-state index in [1.54, 1.807) is 6.07 Å². The highest BCUT2D eigenvalue weighted by Crippen LogP contribution is 2.11. The molecule has 0 spiro atoms. The number of rotatable bonds is 4. The van der Waals surface area contributed by atoms with Crippen molar-refractivity contribution in [3.63, 3.8) is 0 Å². The van der Waals surface area contributed by atoms with E-state index >= 15 is 0 Å². The Hall–Kier alpha value is -1.27. The Balaban J connectivity index is 1.71. The van der Waals surface area contributed by atoms with Crippen LogP contribution < -0.4 is 10.6 Å². The lowest BCUT2D eigenvalue weighted by Crippen LogP contribution is -2.43. The first kappa shape index (κ1) is 15.1. The van der Waals surface area contributed by atoms with Crippen LogP contribution in [-0.2, 0) is 16.3 Å². The molecule has 2 amide bonds. The minimum Gasteiger partial charge on any atom is -0.338 e. The van der Waals surface area contributed by atoms with Gasteiger partial charge in [-0.25, -0.2) is 13.2 Å². The SMILES string of the molecule is O=C(NCCc1cccc(Cl)c1)NC1CCS(=O)(=O)C1. The van der Waals surface area contributed by atoms with Gasteiger partial charge in [0.05, 0.1) is 11.5 Å². The molecule has 1 saturated heterocycles. The third kappa shape index (κ3) is 4.68. The predicted octanol–water partition coefficient (Wildman–Crippen LogP) is 1.37. The van der Waals surface area contributed by atoms with Gasteiger partial charge < -0.3 is 10.6 Å². The number of benzene rings is 1. The molecule has 20 heavy (non-hydrogen) atoms. The summed E-state index contributed by atoms with van der Waals surface area (Å²) in [5.41, 5.74) is 1.04. The molecule has 1 atom stereocenters. The summed E-state index contributed by atoms with van der Waals surface area (Å²) in [6, 6.07) is 6.85. The fourth-order valence-electron chi connectivity index (χ4n) is 2.16. The minimum absolute atomic E-state index is 0.0364. The molecule has 1 aromatic rings. The van der Waals surface area contributed by atoms with Crippen LogP contribution in [0.25, 0.3) is 0 Å². The number of hydrogen-bond donors (Lipinski definition) is 2. The van der Waals surface area contributed by atoms with E-state index in [0.29, 0.717) is 24.4 Å². The zero-order chi connectivity index (χ0) is 14.6. The average Bonchev–Trinajstić information content (AvgIpc) is 2.68. The van der Waals surface area contributed by atoms with E-state index in [4.69, 9.17) is 11.6 Å². The summed E-state index contributed by atoms with van der Waals surface area (Å²) >= 11 is 5.87. The lowest BCUT2D eigenvalue weighted by atomic mass is 10.1. The van der Waals surface area contributed by atoms with E-state index in [2.05, 4.69) is 10.6 Å². The number of carbonyl (C=O) groups is 1. The number of urea groups is 1. The first-order valence-electron chi connectivity index (χ1n) is 6.44. The molecule has 5 nitrogen and oxygen atoms in total. The third-order valence-electron chi connectivity index (χ3n) is 3.16. The zero-order valence-electron chi connectivity index (χ0n) is 10.9. The largest absolute Gasteiger partial charge is 0.338 e. The third-order valence-corrected chi connectivity index (χ3v) is 5.16. The molecule has 1 aromatic carbocycles. The fraction of sp³-hybridized carbons (Fsp3) is 0.462. The number of nitrogens with one attached hydrogen (secondary N) is 2. The lowest BCUT2D eigenvalue weighted by molar-refractivity contribution is 0.238. The van der Waals surface area contributed by atoms with Crippen molar-refractivity contribution >= 4 is 27.5 Å². The molecule has 1 aliphatic heterocycles. The molecule has 1 heterocycles. The molecule has 0 radical (unpaired) electrons. The van der Waals surface area contributed by atoms with Gasteiger partial charge in [-0.3, -0.25) is 0 Å². The van der Waals surface area contributed by atoms with Crippen molar-refractivity contribution in [2.45, 2.75) is 18.9 Å². The Labute approximate surface area is 123 Å². The Kier molecular flexibility index (Phi) is 4.88. The highest BCUT2D eigenvalue weighted by atomic mass is 35.5. The smallest absolute Gasteiger partial charge is 0.315 e. The highest BCUT2D eigenvalue weighted by Gasteiger charge is 2.28.